The van der Waals surface area contributed by atoms with Crippen LogP contribution in [0.25, 0.3) is 0 Å². The van der Waals surface area contributed by atoms with Crippen molar-refractivity contribution in [2.75, 3.05) is 0 Å². The Kier molecular flexibility index (Phi) is 16.5. The Hall–Kier alpha value is 0.571. The average molecular weight is 475 g/mol. The highest BCUT2D eigenvalue weighted by molar-refractivity contribution is 6.87. The molecular formula is C25H58O2Si3. The summed E-state index contributed by atoms with van der Waals surface area (Å²) >= 11 is 0. The minimum Gasteiger partial charge on any atom is -0.437 e. The third-order valence-corrected chi connectivity index (χ3v) is 17.1. The third-order valence-electron chi connectivity index (χ3n) is 6.11. The van der Waals surface area contributed by atoms with Crippen LogP contribution in [-0.2, 0) is 8.23 Å². The highest BCUT2D eigenvalue weighted by Gasteiger charge is 2.41. The van der Waals surface area contributed by atoms with E-state index < -0.39 is 25.2 Å². The molecule has 1 unspecified atom stereocenters. The van der Waals surface area contributed by atoms with E-state index in [1.165, 1.54) is 96.3 Å². The van der Waals surface area contributed by atoms with Gasteiger partial charge in [0.1, 0.15) is 0 Å². The first-order valence-electron chi connectivity index (χ1n) is 13.3. The van der Waals surface area contributed by atoms with Gasteiger partial charge in [0.25, 0.3) is 0 Å². The van der Waals surface area contributed by atoms with Crippen LogP contribution in [0.2, 0.25) is 51.4 Å². The van der Waals surface area contributed by atoms with Crippen molar-refractivity contribution in [3.05, 3.63) is 0 Å². The van der Waals surface area contributed by atoms with E-state index >= 15 is 0 Å². The van der Waals surface area contributed by atoms with Gasteiger partial charge in [-0.1, -0.05) is 110 Å². The molecule has 0 saturated carbocycles. The fourth-order valence-corrected chi connectivity index (χ4v) is 18.8. The molecule has 0 spiro atoms. The maximum absolute atomic E-state index is 6.96. The first-order chi connectivity index (χ1) is 13.9. The monoisotopic (exact) mass is 474 g/mol. The number of hydrogen-bond acceptors (Lipinski definition) is 2. The fourth-order valence-electron chi connectivity index (χ4n) is 4.83. The minimum absolute atomic E-state index is 0.788. The van der Waals surface area contributed by atoms with Crippen molar-refractivity contribution in [2.24, 2.45) is 0 Å². The summed E-state index contributed by atoms with van der Waals surface area (Å²) in [4.78, 5) is 0. The molecule has 0 aromatic heterocycles. The lowest BCUT2D eigenvalue weighted by molar-refractivity contribution is 0.375. The van der Waals surface area contributed by atoms with Crippen LogP contribution in [0, 0.1) is 0 Å². The van der Waals surface area contributed by atoms with Crippen LogP contribution in [0.4, 0.5) is 0 Å². The van der Waals surface area contributed by atoms with Gasteiger partial charge >= 0.3 is 8.56 Å². The van der Waals surface area contributed by atoms with E-state index in [9.17, 15) is 0 Å². The minimum atomic E-state index is -2.05. The lowest BCUT2D eigenvalue weighted by atomic mass is 10.0. The van der Waals surface area contributed by atoms with Crippen molar-refractivity contribution in [1.29, 1.82) is 0 Å². The molecule has 5 heteroatoms. The van der Waals surface area contributed by atoms with E-state index in [0.29, 0.717) is 0 Å². The molecule has 0 bridgehead atoms. The van der Waals surface area contributed by atoms with Gasteiger partial charge in [0.15, 0.2) is 16.6 Å². The molecule has 0 radical (unpaired) electrons. The molecule has 0 aromatic rings. The smallest absolute Gasteiger partial charge is 0.311 e. The second-order valence-electron chi connectivity index (χ2n) is 11.5. The maximum Gasteiger partial charge on any atom is 0.311 e. The van der Waals surface area contributed by atoms with E-state index in [1.807, 2.05) is 0 Å². The highest BCUT2D eigenvalue weighted by atomic mass is 28.5. The summed E-state index contributed by atoms with van der Waals surface area (Å²) < 4.78 is 13.5. The molecule has 0 aliphatic carbocycles. The zero-order chi connectivity index (χ0) is 23.1. The van der Waals surface area contributed by atoms with Crippen molar-refractivity contribution >= 4 is 25.2 Å². The molecule has 2 nitrogen and oxygen atoms in total. The number of unbranched alkanes of at least 4 members (excludes halogenated alkanes) is 11. The summed E-state index contributed by atoms with van der Waals surface area (Å²) in [6, 6.07) is 0. The van der Waals surface area contributed by atoms with Crippen LogP contribution in [0.3, 0.4) is 0 Å². The molecule has 182 valence electrons. The molecule has 0 N–H and O–H groups in total. The fraction of sp³-hybridized carbons (Fsp3) is 1.00. The molecule has 0 aliphatic heterocycles. The van der Waals surface area contributed by atoms with Gasteiger partial charge in [-0.2, -0.15) is 0 Å². The molecule has 0 saturated heterocycles. The van der Waals surface area contributed by atoms with Gasteiger partial charge in [-0.25, -0.2) is 0 Å². The highest BCUT2D eigenvalue weighted by Crippen LogP contribution is 2.36. The molecule has 0 heterocycles. The van der Waals surface area contributed by atoms with Crippen LogP contribution in [0.1, 0.15) is 110 Å². The zero-order valence-electron chi connectivity index (χ0n) is 22.5. The molecule has 0 rings (SSSR count). The standard InChI is InChI=1S/C25H58O2Si3/c1-10-12-14-16-18-20-22-24-25(23-21-19-17-15-13-11-2)29(6,7)27-30(8,9)26-28(3,4)5/h25H,10-24H2,1-9H3. The number of hydrogen-bond donors (Lipinski definition) is 0. The molecule has 0 amide bonds. The second-order valence-corrected chi connectivity index (χ2v) is 24.2. The lowest BCUT2D eigenvalue weighted by Gasteiger charge is -2.41. The first-order valence-corrected chi connectivity index (χ1v) is 22.5. The lowest BCUT2D eigenvalue weighted by Crippen LogP contribution is -2.53. The Bertz CT molecular complexity index is 406. The summed E-state index contributed by atoms with van der Waals surface area (Å²) in [5.41, 5.74) is 0.788. The third kappa shape index (κ3) is 17.2. The molecule has 0 aliphatic rings. The Labute approximate surface area is 194 Å². The Morgan fingerprint density at radius 2 is 0.867 bits per heavy atom. The van der Waals surface area contributed by atoms with E-state index in [4.69, 9.17) is 8.23 Å². The van der Waals surface area contributed by atoms with Crippen molar-refractivity contribution in [3.63, 3.8) is 0 Å². The van der Waals surface area contributed by atoms with Gasteiger partial charge in [-0.05, 0) is 51.4 Å². The molecule has 1 atom stereocenters. The SMILES string of the molecule is CCCCCCCCCC(CCCCCCCC)[Si](C)(C)O[Si](C)(C)O[Si](C)(C)C. The first kappa shape index (κ1) is 30.6. The largest absolute Gasteiger partial charge is 0.437 e. The summed E-state index contributed by atoms with van der Waals surface area (Å²) in [5, 5.41) is 0. The Balaban J connectivity index is 4.71. The summed E-state index contributed by atoms with van der Waals surface area (Å²) in [5.74, 6) is 0. The van der Waals surface area contributed by atoms with Gasteiger partial charge in [0.2, 0.25) is 0 Å². The number of rotatable bonds is 20. The summed E-state index contributed by atoms with van der Waals surface area (Å²) in [6.07, 6.45) is 20.9. The second kappa shape index (κ2) is 16.2. The Morgan fingerprint density at radius 1 is 0.500 bits per heavy atom. The van der Waals surface area contributed by atoms with Gasteiger partial charge in [-0.3, -0.25) is 0 Å². The van der Waals surface area contributed by atoms with Gasteiger partial charge < -0.3 is 8.23 Å². The van der Waals surface area contributed by atoms with E-state index in [0.717, 1.165) is 5.54 Å². The van der Waals surface area contributed by atoms with Crippen molar-refractivity contribution in [3.8, 4) is 0 Å². The van der Waals surface area contributed by atoms with Crippen LogP contribution >= 0.6 is 0 Å². The predicted octanol–water partition coefficient (Wildman–Crippen LogP) is 10.0. The van der Waals surface area contributed by atoms with Crippen molar-refractivity contribution < 1.29 is 8.23 Å². The van der Waals surface area contributed by atoms with Crippen LogP contribution in [0.15, 0.2) is 0 Å². The summed E-state index contributed by atoms with van der Waals surface area (Å²) in [6.45, 7) is 21.0. The van der Waals surface area contributed by atoms with E-state index in [1.54, 1.807) is 0 Å². The predicted molar refractivity (Wildman–Crippen MR) is 145 cm³/mol. The van der Waals surface area contributed by atoms with Crippen LogP contribution in [0.5, 0.6) is 0 Å². The molecule has 0 aromatic carbocycles. The van der Waals surface area contributed by atoms with E-state index in [2.05, 4.69) is 59.7 Å². The van der Waals surface area contributed by atoms with E-state index in [-0.39, 0.29) is 0 Å². The zero-order valence-corrected chi connectivity index (χ0v) is 25.5. The maximum atomic E-state index is 6.96. The normalized spacial score (nSPS) is 14.3. The van der Waals surface area contributed by atoms with Crippen molar-refractivity contribution in [1.82, 2.24) is 0 Å². The molecular weight excluding hydrogens is 417 g/mol. The van der Waals surface area contributed by atoms with Gasteiger partial charge in [0, 0.05) is 0 Å². The Morgan fingerprint density at radius 3 is 1.23 bits per heavy atom. The van der Waals surface area contributed by atoms with Gasteiger partial charge in [0.05, 0.1) is 0 Å². The molecule has 0 fully saturated rings. The topological polar surface area (TPSA) is 18.5 Å². The van der Waals surface area contributed by atoms with Crippen molar-refractivity contribution in [2.45, 2.75) is 162 Å². The van der Waals surface area contributed by atoms with Crippen LogP contribution < -0.4 is 0 Å². The quantitative estimate of drug-likeness (QED) is 0.129. The summed E-state index contributed by atoms with van der Waals surface area (Å²) in [7, 11) is -5.37. The van der Waals surface area contributed by atoms with Gasteiger partial charge in [-0.15, -0.1) is 0 Å². The van der Waals surface area contributed by atoms with Crippen LogP contribution in [-0.4, -0.2) is 25.2 Å². The average Bonchev–Trinajstić information content (AvgIpc) is 2.58. The molecule has 30 heavy (non-hydrogen) atoms.